The SMILES string of the molecule is CC1(C)c2cc(-c3c4ccccc4c(-c4ccc([Si](c5ccccc5)(c5ccccc5)c5ccccc5)cc4)c4ccccc34)ccc2-c2ccc([Si](c3ccccc3)(c3ccccc3)c3ccccc3)cc21. The highest BCUT2D eigenvalue weighted by molar-refractivity contribution is 7.20. The van der Waals surface area contributed by atoms with Gasteiger partial charge in [0.05, 0.1) is 0 Å². The van der Waals surface area contributed by atoms with Gasteiger partial charge in [-0.2, -0.15) is 0 Å². The second kappa shape index (κ2) is 18.0. The third-order valence-electron chi connectivity index (χ3n) is 16.2. The molecule has 1 aliphatic carbocycles. The van der Waals surface area contributed by atoms with Crippen LogP contribution in [0.5, 0.6) is 0 Å². The average Bonchev–Trinajstić information content (AvgIpc) is 3.69. The lowest BCUT2D eigenvalue weighted by Gasteiger charge is -2.35. The lowest BCUT2D eigenvalue weighted by molar-refractivity contribution is 0.661. The molecule has 0 spiro atoms. The molecular weight excluding hydrogens is 909 g/mol. The minimum atomic E-state index is -2.72. The Kier molecular flexibility index (Phi) is 11.0. The zero-order valence-electron chi connectivity index (χ0n) is 41.2. The van der Waals surface area contributed by atoms with E-state index in [2.05, 4.69) is 305 Å². The maximum Gasteiger partial charge on any atom is 0.179 e. The molecule has 2 heteroatoms. The first-order valence-corrected chi connectivity index (χ1v) is 29.7. The van der Waals surface area contributed by atoms with Crippen molar-refractivity contribution >= 4 is 79.2 Å². The van der Waals surface area contributed by atoms with Gasteiger partial charge in [0.25, 0.3) is 0 Å². The summed E-state index contributed by atoms with van der Waals surface area (Å²) in [6.07, 6.45) is 0. The van der Waals surface area contributed by atoms with Crippen LogP contribution in [0.1, 0.15) is 25.0 Å². The molecule has 0 nitrogen and oxygen atoms in total. The molecule has 0 heterocycles. The van der Waals surface area contributed by atoms with E-state index in [1.807, 2.05) is 0 Å². The summed E-state index contributed by atoms with van der Waals surface area (Å²) < 4.78 is 0. The molecule has 0 N–H and O–H groups in total. The van der Waals surface area contributed by atoms with Crippen LogP contribution in [-0.2, 0) is 5.41 Å². The van der Waals surface area contributed by atoms with E-state index in [1.165, 1.54) is 108 Å². The van der Waals surface area contributed by atoms with Crippen molar-refractivity contribution in [3.05, 3.63) is 302 Å². The molecular formula is C71H54Si2. The van der Waals surface area contributed by atoms with Crippen molar-refractivity contribution in [3.8, 4) is 33.4 Å². The molecule has 0 aromatic heterocycles. The molecule has 0 unspecified atom stereocenters. The van der Waals surface area contributed by atoms with Crippen LogP contribution in [0.2, 0.25) is 0 Å². The summed E-state index contributed by atoms with van der Waals surface area (Å²) in [5, 5.41) is 16.1. The second-order valence-electron chi connectivity index (χ2n) is 20.3. The maximum atomic E-state index is 2.59. The van der Waals surface area contributed by atoms with Crippen molar-refractivity contribution in [1.82, 2.24) is 0 Å². The second-order valence-corrected chi connectivity index (χ2v) is 27.9. The van der Waals surface area contributed by atoms with Gasteiger partial charge in [-0.15, -0.1) is 0 Å². The standard InChI is InChI=1S/C71H54Si2/c1-71(2)67-49-52(43-47-61(67)62-48-46-60(50-68(62)71)73(56-31-15-6-16-32-56,57-33-17-7-18-34-57)58-35-19-8-20-36-58)70-65-39-23-21-37-63(65)69(64-38-22-24-40-66(64)70)51-41-44-59(45-42-51)72(53-25-9-3-10-26-53,54-27-11-4-12-28-54)55-29-13-5-14-30-55/h3-50H,1-2H3. The molecule has 0 amide bonds. The maximum absolute atomic E-state index is 2.72. The highest BCUT2D eigenvalue weighted by Gasteiger charge is 2.45. The highest BCUT2D eigenvalue weighted by Crippen LogP contribution is 2.51. The Balaban J connectivity index is 0.955. The predicted molar refractivity (Wildman–Crippen MR) is 317 cm³/mol. The summed E-state index contributed by atoms with van der Waals surface area (Å²) in [4.78, 5) is 0. The van der Waals surface area contributed by atoms with E-state index in [0.717, 1.165) is 0 Å². The first-order valence-electron chi connectivity index (χ1n) is 25.7. The van der Waals surface area contributed by atoms with Gasteiger partial charge in [-0.3, -0.25) is 0 Å². The zero-order valence-corrected chi connectivity index (χ0v) is 43.2. The Morgan fingerprint density at radius 3 is 0.863 bits per heavy atom. The molecule has 13 rings (SSSR count). The van der Waals surface area contributed by atoms with Gasteiger partial charge < -0.3 is 0 Å². The minimum Gasteiger partial charge on any atom is -0.0623 e. The largest absolute Gasteiger partial charge is 0.179 e. The fourth-order valence-electron chi connectivity index (χ4n) is 12.9. The van der Waals surface area contributed by atoms with Crippen molar-refractivity contribution in [2.75, 3.05) is 0 Å². The summed E-state index contributed by atoms with van der Waals surface area (Å²) in [7, 11) is -5.41. The number of rotatable bonds is 10. The van der Waals surface area contributed by atoms with Crippen LogP contribution in [-0.4, -0.2) is 16.1 Å². The lowest BCUT2D eigenvalue weighted by atomic mass is 9.80. The van der Waals surface area contributed by atoms with Gasteiger partial charge >= 0.3 is 0 Å². The van der Waals surface area contributed by atoms with E-state index in [4.69, 9.17) is 0 Å². The van der Waals surface area contributed by atoms with E-state index in [0.29, 0.717) is 0 Å². The summed E-state index contributed by atoms with van der Waals surface area (Å²) >= 11 is 0. The highest BCUT2D eigenvalue weighted by atomic mass is 28.3. The predicted octanol–water partition coefficient (Wildman–Crippen LogP) is 12.4. The molecule has 0 aliphatic heterocycles. The summed E-state index contributed by atoms with van der Waals surface area (Å²) in [5.41, 5.74) is 10.2. The topological polar surface area (TPSA) is 0 Å². The lowest BCUT2D eigenvalue weighted by Crippen LogP contribution is -2.74. The molecule has 0 bridgehead atoms. The molecule has 346 valence electrons. The van der Waals surface area contributed by atoms with E-state index in [-0.39, 0.29) is 5.41 Å². The van der Waals surface area contributed by atoms with Crippen molar-refractivity contribution in [3.63, 3.8) is 0 Å². The minimum absolute atomic E-state index is 0.244. The van der Waals surface area contributed by atoms with E-state index >= 15 is 0 Å². The Morgan fingerprint density at radius 2 is 0.493 bits per heavy atom. The Labute approximate surface area is 431 Å². The van der Waals surface area contributed by atoms with Gasteiger partial charge in [0.15, 0.2) is 16.1 Å². The van der Waals surface area contributed by atoms with Crippen molar-refractivity contribution in [1.29, 1.82) is 0 Å². The molecule has 12 aromatic rings. The third-order valence-corrected chi connectivity index (χ3v) is 25.7. The van der Waals surface area contributed by atoms with Crippen LogP contribution in [0.4, 0.5) is 0 Å². The zero-order chi connectivity index (χ0) is 49.0. The average molecular weight is 963 g/mol. The summed E-state index contributed by atoms with van der Waals surface area (Å²) in [5.74, 6) is 0. The molecule has 1 aliphatic rings. The first kappa shape index (κ1) is 44.5. The smallest absolute Gasteiger partial charge is 0.0623 e. The number of hydrogen-bond donors (Lipinski definition) is 0. The van der Waals surface area contributed by atoms with Gasteiger partial charge in [-0.05, 0) is 114 Å². The number of benzene rings is 12. The van der Waals surface area contributed by atoms with Gasteiger partial charge in [0.2, 0.25) is 0 Å². The van der Waals surface area contributed by atoms with Gasteiger partial charge in [0, 0.05) is 5.41 Å². The molecule has 12 aromatic carbocycles. The monoisotopic (exact) mass is 962 g/mol. The van der Waals surface area contributed by atoms with E-state index in [9.17, 15) is 0 Å². The quantitative estimate of drug-likeness (QED) is 0.0728. The van der Waals surface area contributed by atoms with E-state index < -0.39 is 16.1 Å². The van der Waals surface area contributed by atoms with Crippen molar-refractivity contribution in [2.24, 2.45) is 0 Å². The van der Waals surface area contributed by atoms with Crippen molar-refractivity contribution < 1.29 is 0 Å². The van der Waals surface area contributed by atoms with Crippen molar-refractivity contribution in [2.45, 2.75) is 19.3 Å². The molecule has 0 saturated carbocycles. The van der Waals surface area contributed by atoms with Gasteiger partial charge in [-0.25, -0.2) is 0 Å². The summed E-state index contributed by atoms with van der Waals surface area (Å²) in [6, 6.07) is 110. The Morgan fingerprint density at radius 1 is 0.233 bits per heavy atom. The van der Waals surface area contributed by atoms with Crippen LogP contribution in [0, 0.1) is 0 Å². The molecule has 0 saturated heterocycles. The summed E-state index contributed by atoms with van der Waals surface area (Å²) in [6.45, 7) is 4.88. The molecule has 0 radical (unpaired) electrons. The van der Waals surface area contributed by atoms with Crippen LogP contribution < -0.4 is 41.5 Å². The van der Waals surface area contributed by atoms with E-state index in [1.54, 1.807) is 0 Å². The van der Waals surface area contributed by atoms with Crippen LogP contribution in [0.25, 0.3) is 54.9 Å². The fourth-order valence-corrected chi connectivity index (χ4v) is 22.4. The molecule has 0 fully saturated rings. The fraction of sp³-hybridized carbons (Fsp3) is 0.0423. The molecule has 0 atom stereocenters. The van der Waals surface area contributed by atoms with Crippen LogP contribution >= 0.6 is 0 Å². The van der Waals surface area contributed by atoms with Gasteiger partial charge in [0.1, 0.15) is 0 Å². The normalized spacial score (nSPS) is 12.9. The van der Waals surface area contributed by atoms with Gasteiger partial charge in [-0.1, -0.05) is 299 Å². The molecule has 73 heavy (non-hydrogen) atoms. The van der Waals surface area contributed by atoms with Crippen LogP contribution in [0.15, 0.2) is 291 Å². The first-order chi connectivity index (χ1) is 36.0. The number of hydrogen-bond acceptors (Lipinski definition) is 0. The Bertz CT molecular complexity index is 3690. The Hall–Kier alpha value is -8.41. The number of fused-ring (bicyclic) bond motifs is 5. The van der Waals surface area contributed by atoms with Crippen LogP contribution in [0.3, 0.4) is 0 Å². The third kappa shape index (κ3) is 7.00.